The van der Waals surface area contributed by atoms with E-state index < -0.39 is 16.1 Å². The number of benzene rings is 12. The van der Waals surface area contributed by atoms with Crippen LogP contribution in [0.2, 0.25) is 0 Å². The Morgan fingerprint density at radius 1 is 0.221 bits per heavy atom. The molecule has 12 aromatic carbocycles. The van der Waals surface area contributed by atoms with E-state index in [0.717, 1.165) is 17.1 Å². The van der Waals surface area contributed by atoms with Gasteiger partial charge in [-0.05, 0) is 131 Å². The minimum atomic E-state index is -2.78. The molecule has 13 aromatic rings. The highest BCUT2D eigenvalue weighted by Gasteiger charge is 2.50. The van der Waals surface area contributed by atoms with Crippen LogP contribution in [-0.2, 0) is 0 Å². The molecule has 0 saturated heterocycles. The van der Waals surface area contributed by atoms with Crippen LogP contribution in [0.15, 0.2) is 309 Å². The van der Waals surface area contributed by atoms with Crippen molar-refractivity contribution >= 4 is 114 Å². The SMILES string of the molecule is c1ccc(-n2c3ccc(-c4cccc(N5c6ccccc6[Si](c6ccccc6)(c6ccccc6)c6ccccc65)c4)cc3c3cc(N4c5ccccc5[Si](c5ccccc5)(c5ccccc5)c5ccccc54)ccc32)cc1. The van der Waals surface area contributed by atoms with E-state index in [1.54, 1.807) is 0 Å². The first kappa shape index (κ1) is 44.9. The summed E-state index contributed by atoms with van der Waals surface area (Å²) in [6.07, 6.45) is 0. The number of hydrogen-bond acceptors (Lipinski definition) is 2. The van der Waals surface area contributed by atoms with E-state index in [2.05, 4.69) is 324 Å². The van der Waals surface area contributed by atoms with Crippen LogP contribution in [0, 0.1) is 0 Å². The van der Waals surface area contributed by atoms with Gasteiger partial charge in [0.15, 0.2) is 16.1 Å². The van der Waals surface area contributed by atoms with Crippen LogP contribution < -0.4 is 51.3 Å². The minimum absolute atomic E-state index is 1.13. The van der Waals surface area contributed by atoms with Gasteiger partial charge in [-0.2, -0.15) is 0 Å². The second kappa shape index (κ2) is 18.1. The van der Waals surface area contributed by atoms with Crippen molar-refractivity contribution in [2.75, 3.05) is 9.80 Å². The van der Waals surface area contributed by atoms with Crippen molar-refractivity contribution in [1.82, 2.24) is 4.57 Å². The molecule has 77 heavy (non-hydrogen) atoms. The Labute approximate surface area is 451 Å². The summed E-state index contributed by atoms with van der Waals surface area (Å²) in [4.78, 5) is 5.04. The molecule has 362 valence electrons. The van der Waals surface area contributed by atoms with Gasteiger partial charge in [-0.1, -0.05) is 231 Å². The number of para-hydroxylation sites is 5. The molecule has 0 bridgehead atoms. The van der Waals surface area contributed by atoms with Gasteiger partial charge in [-0.3, -0.25) is 0 Å². The second-order valence-corrected chi connectivity index (χ2v) is 27.8. The van der Waals surface area contributed by atoms with Gasteiger partial charge in [-0.25, -0.2) is 0 Å². The van der Waals surface area contributed by atoms with Crippen LogP contribution >= 0.6 is 0 Å². The number of anilines is 6. The summed E-state index contributed by atoms with van der Waals surface area (Å²) >= 11 is 0. The summed E-state index contributed by atoms with van der Waals surface area (Å²) in [5, 5.41) is 13.5. The average molecular weight is 1010 g/mol. The van der Waals surface area contributed by atoms with E-state index in [4.69, 9.17) is 0 Å². The number of aromatic nitrogens is 1. The molecule has 1 aromatic heterocycles. The summed E-state index contributed by atoms with van der Waals surface area (Å²) in [7, 11) is -5.53. The molecule has 0 unspecified atom stereocenters. The fraction of sp³-hybridized carbons (Fsp3) is 0. The molecule has 3 heterocycles. The molecular weight excluding hydrogens is 963 g/mol. The standard InChI is InChI=1S/C72H51N3Si2/c1-6-26-54(27-7-1)73-63-47-45-53(52-25-24-28-55(49-52)74-65-37-16-20-41-69(65)76(57-29-8-2-9-30-57,58-31-10-3-11-32-58)70-42-21-17-38-66(70)74)50-61(63)62-51-56(46-48-64(62)73)75-67-39-18-22-43-71(67)77(59-33-12-4-13-34-59,60-35-14-5-15-36-60)72-44-23-19-40-68(72)75/h1-51H. The molecule has 0 spiro atoms. The fourth-order valence-corrected chi connectivity index (χ4v) is 23.6. The lowest BCUT2D eigenvalue weighted by Crippen LogP contribution is -2.77. The Morgan fingerprint density at radius 3 is 0.974 bits per heavy atom. The van der Waals surface area contributed by atoms with Crippen molar-refractivity contribution in [1.29, 1.82) is 0 Å². The van der Waals surface area contributed by atoms with Gasteiger partial charge in [0.05, 0.1) is 11.0 Å². The first-order valence-corrected chi connectivity index (χ1v) is 30.7. The van der Waals surface area contributed by atoms with E-state index in [1.165, 1.54) is 97.2 Å². The number of rotatable bonds is 8. The molecule has 3 nitrogen and oxygen atoms in total. The predicted molar refractivity (Wildman–Crippen MR) is 330 cm³/mol. The highest BCUT2D eigenvalue weighted by Crippen LogP contribution is 2.44. The van der Waals surface area contributed by atoms with E-state index >= 15 is 0 Å². The maximum absolute atomic E-state index is 2.78. The van der Waals surface area contributed by atoms with Gasteiger partial charge in [-0.15, -0.1) is 0 Å². The average Bonchev–Trinajstić information content (AvgIpc) is 3.84. The molecule has 0 aliphatic carbocycles. The zero-order chi connectivity index (χ0) is 50.9. The first-order valence-electron chi connectivity index (χ1n) is 26.7. The van der Waals surface area contributed by atoms with Gasteiger partial charge in [0.1, 0.15) is 0 Å². The molecule has 0 fully saturated rings. The predicted octanol–water partition coefficient (Wildman–Crippen LogP) is 12.8. The third-order valence-electron chi connectivity index (χ3n) is 16.5. The lowest BCUT2D eigenvalue weighted by Gasteiger charge is -2.45. The van der Waals surface area contributed by atoms with Crippen molar-refractivity contribution in [3.63, 3.8) is 0 Å². The molecule has 2 aliphatic heterocycles. The third-order valence-corrected chi connectivity index (χ3v) is 26.2. The van der Waals surface area contributed by atoms with Crippen molar-refractivity contribution in [2.24, 2.45) is 0 Å². The molecular formula is C72H51N3Si2. The van der Waals surface area contributed by atoms with Gasteiger partial charge in [0.2, 0.25) is 0 Å². The lowest BCUT2D eigenvalue weighted by molar-refractivity contribution is 1.18. The Hall–Kier alpha value is -9.53. The largest absolute Gasteiger partial charge is 0.311 e. The summed E-state index contributed by atoms with van der Waals surface area (Å²) in [5.41, 5.74) is 13.0. The zero-order valence-electron chi connectivity index (χ0n) is 42.3. The van der Waals surface area contributed by atoms with Crippen LogP contribution in [0.4, 0.5) is 34.1 Å². The first-order chi connectivity index (χ1) is 38.2. The molecule has 2 aliphatic rings. The number of fused-ring (bicyclic) bond motifs is 7. The maximum atomic E-state index is 2.53. The van der Waals surface area contributed by atoms with Gasteiger partial charge in [0.25, 0.3) is 0 Å². The quantitative estimate of drug-likeness (QED) is 0.141. The van der Waals surface area contributed by atoms with Crippen LogP contribution in [-0.4, -0.2) is 20.7 Å². The monoisotopic (exact) mass is 1010 g/mol. The Kier molecular flexibility index (Phi) is 10.6. The second-order valence-electron chi connectivity index (χ2n) is 20.4. The summed E-state index contributed by atoms with van der Waals surface area (Å²) in [6, 6.07) is 116. The molecule has 0 N–H and O–H groups in total. The van der Waals surface area contributed by atoms with Gasteiger partial charge in [0, 0.05) is 50.6 Å². The Bertz CT molecular complexity index is 4170. The molecule has 0 atom stereocenters. The number of nitrogens with zero attached hydrogens (tertiary/aromatic N) is 3. The highest BCUT2D eigenvalue weighted by atomic mass is 28.3. The normalized spacial score (nSPS) is 13.9. The molecule has 0 amide bonds. The molecule has 0 radical (unpaired) electrons. The van der Waals surface area contributed by atoms with E-state index in [1.807, 2.05) is 0 Å². The molecule has 0 saturated carbocycles. The Morgan fingerprint density at radius 2 is 0.545 bits per heavy atom. The van der Waals surface area contributed by atoms with Crippen LogP contribution in [0.5, 0.6) is 0 Å². The van der Waals surface area contributed by atoms with Crippen molar-refractivity contribution in [3.05, 3.63) is 309 Å². The molecule has 15 rings (SSSR count). The maximum Gasteiger partial charge on any atom is 0.184 e. The fourth-order valence-electron chi connectivity index (χ4n) is 13.4. The zero-order valence-corrected chi connectivity index (χ0v) is 44.3. The third kappa shape index (κ3) is 6.74. The van der Waals surface area contributed by atoms with E-state index in [-0.39, 0.29) is 0 Å². The van der Waals surface area contributed by atoms with Crippen molar-refractivity contribution in [3.8, 4) is 16.8 Å². The van der Waals surface area contributed by atoms with Gasteiger partial charge >= 0.3 is 0 Å². The van der Waals surface area contributed by atoms with Crippen molar-refractivity contribution < 1.29 is 0 Å². The van der Waals surface area contributed by atoms with Crippen LogP contribution in [0.1, 0.15) is 0 Å². The highest BCUT2D eigenvalue weighted by molar-refractivity contribution is 7.22. The van der Waals surface area contributed by atoms with Gasteiger partial charge < -0.3 is 14.4 Å². The Balaban J connectivity index is 0.910. The van der Waals surface area contributed by atoms with E-state index in [0.29, 0.717) is 0 Å². The topological polar surface area (TPSA) is 11.4 Å². The van der Waals surface area contributed by atoms with Crippen LogP contribution in [0.25, 0.3) is 38.6 Å². The smallest absolute Gasteiger partial charge is 0.184 e. The molecule has 5 heteroatoms. The van der Waals surface area contributed by atoms with Crippen LogP contribution in [0.3, 0.4) is 0 Å². The summed E-state index contributed by atoms with van der Waals surface area (Å²) < 4.78 is 2.44. The lowest BCUT2D eigenvalue weighted by atomic mass is 10.0. The number of hydrogen-bond donors (Lipinski definition) is 0. The van der Waals surface area contributed by atoms with Crippen molar-refractivity contribution in [2.45, 2.75) is 0 Å². The minimum Gasteiger partial charge on any atom is -0.311 e. The summed E-state index contributed by atoms with van der Waals surface area (Å²) in [5.74, 6) is 0. The summed E-state index contributed by atoms with van der Waals surface area (Å²) in [6.45, 7) is 0. The van der Waals surface area contributed by atoms with E-state index in [9.17, 15) is 0 Å².